The summed E-state index contributed by atoms with van der Waals surface area (Å²) in [4.78, 5) is 18.2. The molecular weight excluding hydrogens is 362 g/mol. The van der Waals surface area contributed by atoms with Crippen LogP contribution < -0.4 is 10.2 Å². The van der Waals surface area contributed by atoms with Gasteiger partial charge in [-0.25, -0.2) is 8.42 Å². The first kappa shape index (κ1) is 20.9. The topological polar surface area (TPSA) is 79.4 Å². The van der Waals surface area contributed by atoms with Crippen LogP contribution in [-0.4, -0.2) is 32.2 Å². The molecule has 1 heterocycles. The Morgan fingerprint density at radius 1 is 1.11 bits per heavy atom. The molecule has 0 fully saturated rings. The first-order chi connectivity index (χ1) is 12.8. The largest absolute Gasteiger partial charge is 0.359 e. The number of hydrogen-bond acceptors (Lipinski definition) is 5. The third-order valence-electron chi connectivity index (χ3n) is 4.37. The van der Waals surface area contributed by atoms with Crippen molar-refractivity contribution in [2.75, 3.05) is 17.8 Å². The lowest BCUT2D eigenvalue weighted by Crippen LogP contribution is -2.28. The number of anilines is 1. The fourth-order valence-electron chi connectivity index (χ4n) is 2.71. The lowest BCUT2D eigenvalue weighted by atomic mass is 10.0. The first-order valence-corrected chi connectivity index (χ1v) is 10.3. The molecule has 0 saturated heterocycles. The van der Waals surface area contributed by atoms with Crippen molar-refractivity contribution >= 4 is 22.3 Å². The lowest BCUT2D eigenvalue weighted by molar-refractivity contribution is -0.121. The highest BCUT2D eigenvalue weighted by Gasteiger charge is 2.12. The molecule has 0 aliphatic heterocycles. The molecule has 2 rings (SSSR count). The van der Waals surface area contributed by atoms with Crippen LogP contribution in [-0.2, 0) is 21.9 Å². The van der Waals surface area contributed by atoms with Gasteiger partial charge in [0, 0.05) is 7.05 Å². The van der Waals surface area contributed by atoms with E-state index in [-0.39, 0.29) is 17.8 Å². The molecule has 1 aromatic carbocycles. The maximum absolute atomic E-state index is 12.3. The van der Waals surface area contributed by atoms with Gasteiger partial charge in [-0.1, -0.05) is 38.1 Å². The average molecular weight is 390 g/mol. The molecule has 7 heteroatoms. The number of thiol groups is 1. The summed E-state index contributed by atoms with van der Waals surface area (Å²) in [6, 6.07) is 11.5. The quantitative estimate of drug-likeness (QED) is 0.679. The van der Waals surface area contributed by atoms with Crippen LogP contribution in [0.15, 0.2) is 42.6 Å². The standard InChI is InChI=1S/C20H27N3O3S/c1-14(2)17-7-5-16(6-8-17)11-20(24)22-15(3)19-10-9-18(12-21-19)23(4)13-27(25)26/h5-10,12,14-15,27H,11,13H2,1-4H3,(H,22,24)/t15-/m1/s1. The molecule has 1 atom stereocenters. The Bertz CT molecular complexity index is 823. The number of carbonyl (C=O) groups is 1. The Morgan fingerprint density at radius 3 is 2.30 bits per heavy atom. The van der Waals surface area contributed by atoms with Gasteiger partial charge in [0.15, 0.2) is 10.7 Å². The maximum Gasteiger partial charge on any atom is 0.224 e. The molecule has 0 aliphatic carbocycles. The van der Waals surface area contributed by atoms with Crippen LogP contribution in [0.2, 0.25) is 0 Å². The summed E-state index contributed by atoms with van der Waals surface area (Å²) < 4.78 is 21.6. The van der Waals surface area contributed by atoms with Crippen LogP contribution in [0.1, 0.15) is 49.6 Å². The van der Waals surface area contributed by atoms with Crippen molar-refractivity contribution in [3.05, 3.63) is 59.4 Å². The zero-order valence-corrected chi connectivity index (χ0v) is 17.1. The van der Waals surface area contributed by atoms with Gasteiger partial charge in [0.1, 0.15) is 5.88 Å². The van der Waals surface area contributed by atoms with Gasteiger partial charge in [0.25, 0.3) is 0 Å². The van der Waals surface area contributed by atoms with Crippen molar-refractivity contribution < 1.29 is 13.2 Å². The molecule has 0 radical (unpaired) electrons. The highest BCUT2D eigenvalue weighted by Crippen LogP contribution is 2.17. The third kappa shape index (κ3) is 6.36. The zero-order chi connectivity index (χ0) is 20.0. The second kappa shape index (κ2) is 9.50. The fourth-order valence-corrected chi connectivity index (χ4v) is 3.22. The van der Waals surface area contributed by atoms with E-state index in [4.69, 9.17) is 0 Å². The number of amides is 1. The van der Waals surface area contributed by atoms with Gasteiger partial charge >= 0.3 is 0 Å². The van der Waals surface area contributed by atoms with E-state index in [9.17, 15) is 13.2 Å². The molecule has 2 aromatic rings. The molecule has 0 unspecified atom stereocenters. The minimum atomic E-state index is -2.48. The van der Waals surface area contributed by atoms with Crippen molar-refractivity contribution in [3.63, 3.8) is 0 Å². The monoisotopic (exact) mass is 389 g/mol. The van der Waals surface area contributed by atoms with Crippen molar-refractivity contribution in [2.45, 2.75) is 39.2 Å². The Morgan fingerprint density at radius 2 is 1.78 bits per heavy atom. The molecule has 1 amide bonds. The van der Waals surface area contributed by atoms with E-state index in [1.807, 2.05) is 19.1 Å². The fraction of sp³-hybridized carbons (Fsp3) is 0.400. The van der Waals surface area contributed by atoms with Gasteiger partial charge in [0.2, 0.25) is 5.91 Å². The number of benzene rings is 1. The highest BCUT2D eigenvalue weighted by molar-refractivity contribution is 7.72. The summed E-state index contributed by atoms with van der Waals surface area (Å²) in [5.41, 5.74) is 3.66. The van der Waals surface area contributed by atoms with E-state index in [0.717, 1.165) is 11.3 Å². The second-order valence-corrected chi connectivity index (χ2v) is 7.92. The number of hydrogen-bond donors (Lipinski definition) is 2. The lowest BCUT2D eigenvalue weighted by Gasteiger charge is -2.18. The number of carbonyl (C=O) groups excluding carboxylic acids is 1. The predicted octanol–water partition coefficient (Wildman–Crippen LogP) is 2.63. The number of rotatable bonds is 8. The summed E-state index contributed by atoms with van der Waals surface area (Å²) >= 11 is 0. The summed E-state index contributed by atoms with van der Waals surface area (Å²) in [5, 5.41) is 2.95. The molecule has 1 aromatic heterocycles. The van der Waals surface area contributed by atoms with Crippen molar-refractivity contribution in [3.8, 4) is 0 Å². The second-order valence-electron chi connectivity index (χ2n) is 6.98. The third-order valence-corrected chi connectivity index (χ3v) is 5.03. The van der Waals surface area contributed by atoms with E-state index in [0.29, 0.717) is 18.0 Å². The minimum absolute atomic E-state index is 0.0573. The summed E-state index contributed by atoms with van der Waals surface area (Å²) in [5.74, 6) is 0.347. The molecule has 0 aliphatic rings. The number of nitrogens with one attached hydrogen (secondary N) is 1. The number of aromatic nitrogens is 1. The minimum Gasteiger partial charge on any atom is -0.359 e. The molecular formula is C20H27N3O3S. The van der Waals surface area contributed by atoms with Crippen molar-refractivity contribution in [2.24, 2.45) is 0 Å². The van der Waals surface area contributed by atoms with Crippen molar-refractivity contribution in [1.82, 2.24) is 10.3 Å². The van der Waals surface area contributed by atoms with E-state index < -0.39 is 10.7 Å². The van der Waals surface area contributed by atoms with E-state index >= 15 is 0 Å². The van der Waals surface area contributed by atoms with Gasteiger partial charge < -0.3 is 10.2 Å². The van der Waals surface area contributed by atoms with Crippen LogP contribution in [0.3, 0.4) is 0 Å². The van der Waals surface area contributed by atoms with Crippen LogP contribution >= 0.6 is 0 Å². The van der Waals surface area contributed by atoms with Gasteiger partial charge in [-0.15, -0.1) is 0 Å². The highest BCUT2D eigenvalue weighted by atomic mass is 32.2. The Balaban J connectivity index is 1.93. The van der Waals surface area contributed by atoms with Crippen LogP contribution in [0.4, 0.5) is 5.69 Å². The van der Waals surface area contributed by atoms with Gasteiger partial charge in [-0.05, 0) is 36.1 Å². The van der Waals surface area contributed by atoms with Gasteiger partial charge in [-0.2, -0.15) is 0 Å². The van der Waals surface area contributed by atoms with Crippen LogP contribution in [0.5, 0.6) is 0 Å². The SMILES string of the molecule is CC(C)c1ccc(CC(=O)N[C@H](C)c2ccc(N(C)C[SH](=O)=O)cn2)cc1. The average Bonchev–Trinajstić information content (AvgIpc) is 2.61. The van der Waals surface area contributed by atoms with Gasteiger partial charge in [-0.3, -0.25) is 9.78 Å². The summed E-state index contributed by atoms with van der Waals surface area (Å²) in [6.07, 6.45) is 1.93. The smallest absolute Gasteiger partial charge is 0.224 e. The zero-order valence-electron chi connectivity index (χ0n) is 16.2. The number of pyridine rings is 1. The van der Waals surface area contributed by atoms with E-state index in [1.54, 1.807) is 30.3 Å². The first-order valence-electron chi connectivity index (χ1n) is 8.93. The van der Waals surface area contributed by atoms with Crippen LogP contribution in [0.25, 0.3) is 0 Å². The Labute approximate surface area is 162 Å². The molecule has 1 N–H and O–H groups in total. The normalized spacial score (nSPS) is 12.2. The van der Waals surface area contributed by atoms with E-state index in [1.165, 1.54) is 5.56 Å². The molecule has 6 nitrogen and oxygen atoms in total. The Kier molecular flexibility index (Phi) is 7.36. The van der Waals surface area contributed by atoms with Crippen LogP contribution in [0, 0.1) is 0 Å². The molecule has 0 saturated carbocycles. The Hall–Kier alpha value is -2.41. The molecule has 0 bridgehead atoms. The maximum atomic E-state index is 12.3. The number of nitrogens with zero attached hydrogens (tertiary/aromatic N) is 2. The molecule has 0 spiro atoms. The van der Waals surface area contributed by atoms with Crippen molar-refractivity contribution in [1.29, 1.82) is 0 Å². The van der Waals surface area contributed by atoms with Gasteiger partial charge in [0.05, 0.1) is 30.0 Å². The predicted molar refractivity (Wildman–Crippen MR) is 109 cm³/mol. The van der Waals surface area contributed by atoms with E-state index in [2.05, 4.69) is 36.3 Å². The summed E-state index contributed by atoms with van der Waals surface area (Å²) in [7, 11) is -0.793. The molecule has 27 heavy (non-hydrogen) atoms. The molecule has 146 valence electrons. The summed E-state index contributed by atoms with van der Waals surface area (Å²) in [6.45, 7) is 6.15.